The fourth-order valence-corrected chi connectivity index (χ4v) is 3.67. The number of nitrogens with one attached hydrogen (secondary N) is 1. The SMILES string of the molecule is Brc1cc(CN2CCNCC2)ccc1N1CCCC1. The molecule has 2 fully saturated rings. The average Bonchev–Trinajstić information content (AvgIpc) is 2.94. The lowest BCUT2D eigenvalue weighted by Crippen LogP contribution is -2.42. The first-order chi connectivity index (χ1) is 9.33. The monoisotopic (exact) mass is 323 g/mol. The maximum atomic E-state index is 3.75. The molecule has 2 saturated heterocycles. The van der Waals surface area contributed by atoms with E-state index >= 15 is 0 Å². The molecular weight excluding hydrogens is 302 g/mol. The van der Waals surface area contributed by atoms with Gasteiger partial charge in [-0.3, -0.25) is 4.90 Å². The highest BCUT2D eigenvalue weighted by atomic mass is 79.9. The van der Waals surface area contributed by atoms with Crippen LogP contribution >= 0.6 is 15.9 Å². The number of nitrogens with zero attached hydrogens (tertiary/aromatic N) is 2. The molecule has 2 heterocycles. The molecule has 0 bridgehead atoms. The largest absolute Gasteiger partial charge is 0.371 e. The van der Waals surface area contributed by atoms with Crippen LogP contribution in [0.25, 0.3) is 0 Å². The van der Waals surface area contributed by atoms with Crippen LogP contribution in [0, 0.1) is 0 Å². The number of hydrogen-bond donors (Lipinski definition) is 1. The first kappa shape index (κ1) is 13.4. The minimum absolute atomic E-state index is 1.07. The topological polar surface area (TPSA) is 18.5 Å². The van der Waals surface area contributed by atoms with Crippen LogP contribution in [-0.4, -0.2) is 44.2 Å². The van der Waals surface area contributed by atoms with Gasteiger partial charge in [0.05, 0.1) is 5.69 Å². The van der Waals surface area contributed by atoms with Gasteiger partial charge in [-0.15, -0.1) is 0 Å². The number of halogens is 1. The number of piperazine rings is 1. The Morgan fingerprint density at radius 2 is 1.79 bits per heavy atom. The van der Waals surface area contributed by atoms with Crippen LogP contribution in [0.15, 0.2) is 22.7 Å². The highest BCUT2D eigenvalue weighted by Crippen LogP contribution is 2.30. The van der Waals surface area contributed by atoms with E-state index in [4.69, 9.17) is 0 Å². The van der Waals surface area contributed by atoms with Gasteiger partial charge in [-0.2, -0.15) is 0 Å². The van der Waals surface area contributed by atoms with Crippen LogP contribution in [0.3, 0.4) is 0 Å². The second kappa shape index (κ2) is 6.25. The summed E-state index contributed by atoms with van der Waals surface area (Å²) in [4.78, 5) is 5.01. The fourth-order valence-electron chi connectivity index (χ4n) is 2.99. The van der Waals surface area contributed by atoms with Gasteiger partial charge in [0.15, 0.2) is 0 Å². The lowest BCUT2D eigenvalue weighted by molar-refractivity contribution is 0.233. The van der Waals surface area contributed by atoms with Crippen LogP contribution in [0.1, 0.15) is 18.4 Å². The van der Waals surface area contributed by atoms with Crippen molar-refractivity contribution in [2.45, 2.75) is 19.4 Å². The van der Waals surface area contributed by atoms with Gasteiger partial charge >= 0.3 is 0 Å². The molecular formula is C15H22BrN3. The normalized spacial score (nSPS) is 21.0. The van der Waals surface area contributed by atoms with Gasteiger partial charge in [-0.25, -0.2) is 0 Å². The molecule has 3 rings (SSSR count). The Labute approximate surface area is 124 Å². The van der Waals surface area contributed by atoms with Gasteiger partial charge in [0.25, 0.3) is 0 Å². The first-order valence-corrected chi connectivity index (χ1v) is 8.09. The van der Waals surface area contributed by atoms with Crippen molar-refractivity contribution in [3.8, 4) is 0 Å². The van der Waals surface area contributed by atoms with Gasteiger partial charge in [-0.1, -0.05) is 6.07 Å². The molecule has 4 heteroatoms. The maximum absolute atomic E-state index is 3.75. The van der Waals surface area contributed by atoms with Crippen LogP contribution in [0.2, 0.25) is 0 Å². The van der Waals surface area contributed by atoms with Gasteiger partial charge in [-0.05, 0) is 46.5 Å². The molecule has 0 saturated carbocycles. The molecule has 0 aliphatic carbocycles. The molecule has 0 amide bonds. The minimum Gasteiger partial charge on any atom is -0.371 e. The van der Waals surface area contributed by atoms with E-state index in [1.54, 1.807) is 0 Å². The Morgan fingerprint density at radius 3 is 2.47 bits per heavy atom. The highest BCUT2D eigenvalue weighted by molar-refractivity contribution is 9.10. The third kappa shape index (κ3) is 3.30. The van der Waals surface area contributed by atoms with Crippen molar-refractivity contribution >= 4 is 21.6 Å². The van der Waals surface area contributed by atoms with Crippen LogP contribution in [0.5, 0.6) is 0 Å². The second-order valence-electron chi connectivity index (χ2n) is 5.51. The number of rotatable bonds is 3. The zero-order valence-electron chi connectivity index (χ0n) is 11.4. The van der Waals surface area contributed by atoms with E-state index < -0.39 is 0 Å². The van der Waals surface area contributed by atoms with Crippen molar-refractivity contribution in [1.29, 1.82) is 0 Å². The van der Waals surface area contributed by atoms with Crippen LogP contribution in [-0.2, 0) is 6.54 Å². The van der Waals surface area contributed by atoms with Crippen LogP contribution < -0.4 is 10.2 Å². The summed E-state index contributed by atoms with van der Waals surface area (Å²) in [6.07, 6.45) is 2.66. The molecule has 1 N–H and O–H groups in total. The number of hydrogen-bond acceptors (Lipinski definition) is 3. The molecule has 0 atom stereocenters. The Balaban J connectivity index is 1.67. The summed E-state index contributed by atoms with van der Waals surface area (Å²) in [6, 6.07) is 6.88. The molecule has 2 aliphatic heterocycles. The zero-order valence-corrected chi connectivity index (χ0v) is 13.0. The van der Waals surface area contributed by atoms with E-state index in [9.17, 15) is 0 Å². The number of benzene rings is 1. The second-order valence-corrected chi connectivity index (χ2v) is 6.36. The first-order valence-electron chi connectivity index (χ1n) is 7.29. The molecule has 0 aromatic heterocycles. The van der Waals surface area contributed by atoms with Crippen molar-refractivity contribution in [3.05, 3.63) is 28.2 Å². The van der Waals surface area contributed by atoms with Gasteiger partial charge in [0.2, 0.25) is 0 Å². The summed E-state index contributed by atoms with van der Waals surface area (Å²) in [6.45, 7) is 8.03. The van der Waals surface area contributed by atoms with Gasteiger partial charge in [0.1, 0.15) is 0 Å². The predicted molar refractivity (Wildman–Crippen MR) is 83.7 cm³/mol. The van der Waals surface area contributed by atoms with E-state index in [0.29, 0.717) is 0 Å². The summed E-state index contributed by atoms with van der Waals surface area (Å²) in [7, 11) is 0. The molecule has 0 unspecified atom stereocenters. The molecule has 104 valence electrons. The maximum Gasteiger partial charge on any atom is 0.0510 e. The third-order valence-electron chi connectivity index (χ3n) is 4.07. The molecule has 2 aliphatic rings. The van der Waals surface area contributed by atoms with Crippen LogP contribution in [0.4, 0.5) is 5.69 Å². The van der Waals surface area contributed by atoms with Crippen molar-refractivity contribution in [1.82, 2.24) is 10.2 Å². The molecule has 1 aromatic carbocycles. The Bertz CT molecular complexity index is 423. The lowest BCUT2D eigenvalue weighted by atomic mass is 10.1. The lowest BCUT2D eigenvalue weighted by Gasteiger charge is -2.27. The van der Waals surface area contributed by atoms with E-state index in [0.717, 1.165) is 32.7 Å². The summed E-state index contributed by atoms with van der Waals surface area (Å²) in [5.74, 6) is 0. The molecule has 19 heavy (non-hydrogen) atoms. The van der Waals surface area contributed by atoms with Gasteiger partial charge in [0, 0.05) is 50.3 Å². The summed E-state index contributed by atoms with van der Waals surface area (Å²) < 4.78 is 1.25. The standard InChI is InChI=1S/C15H22BrN3/c16-14-11-13(12-18-9-5-17-6-10-18)3-4-15(14)19-7-1-2-8-19/h3-4,11,17H,1-2,5-10,12H2. The molecule has 1 aromatic rings. The molecule has 0 spiro atoms. The molecule has 0 radical (unpaired) electrons. The van der Waals surface area contributed by atoms with E-state index in [1.807, 2.05) is 0 Å². The van der Waals surface area contributed by atoms with E-state index in [-0.39, 0.29) is 0 Å². The zero-order chi connectivity index (χ0) is 13.1. The molecule has 3 nitrogen and oxygen atoms in total. The Hall–Kier alpha value is -0.580. The summed E-state index contributed by atoms with van der Waals surface area (Å²) >= 11 is 3.75. The van der Waals surface area contributed by atoms with Crippen molar-refractivity contribution in [2.75, 3.05) is 44.2 Å². The van der Waals surface area contributed by atoms with E-state index in [2.05, 4.69) is 49.2 Å². The van der Waals surface area contributed by atoms with Crippen molar-refractivity contribution in [3.63, 3.8) is 0 Å². The minimum atomic E-state index is 1.07. The van der Waals surface area contributed by atoms with Gasteiger partial charge < -0.3 is 10.2 Å². The van der Waals surface area contributed by atoms with E-state index in [1.165, 1.54) is 41.7 Å². The third-order valence-corrected chi connectivity index (χ3v) is 4.71. The Kier molecular flexibility index (Phi) is 4.41. The average molecular weight is 324 g/mol. The Morgan fingerprint density at radius 1 is 1.05 bits per heavy atom. The quantitative estimate of drug-likeness (QED) is 0.921. The highest BCUT2D eigenvalue weighted by Gasteiger charge is 2.16. The predicted octanol–water partition coefficient (Wildman–Crippen LogP) is 2.45. The van der Waals surface area contributed by atoms with Crippen molar-refractivity contribution in [2.24, 2.45) is 0 Å². The summed E-state index contributed by atoms with van der Waals surface area (Å²) in [5, 5.41) is 3.40. The van der Waals surface area contributed by atoms with Crippen molar-refractivity contribution < 1.29 is 0 Å². The number of anilines is 1. The smallest absolute Gasteiger partial charge is 0.0510 e. The summed E-state index contributed by atoms with van der Waals surface area (Å²) in [5.41, 5.74) is 2.78. The fraction of sp³-hybridized carbons (Fsp3) is 0.600.